The molecule has 0 aromatic heterocycles. The maximum atomic E-state index is 11.8. The summed E-state index contributed by atoms with van der Waals surface area (Å²) in [5.74, 6) is -0.862. The number of amides is 2. The smallest absolute Gasteiger partial charge is 0.269 e. The third-order valence-corrected chi connectivity index (χ3v) is 3.46. The Morgan fingerprint density at radius 2 is 1.61 bits per heavy atom. The van der Waals surface area contributed by atoms with Crippen LogP contribution in [0.25, 0.3) is 0 Å². The van der Waals surface area contributed by atoms with Gasteiger partial charge in [-0.3, -0.25) is 30.6 Å². The summed E-state index contributed by atoms with van der Waals surface area (Å²) in [6, 6.07) is 12.3. The highest BCUT2D eigenvalue weighted by Crippen LogP contribution is 2.12. The van der Waals surface area contributed by atoms with Gasteiger partial charge in [0.05, 0.1) is 11.3 Å². The van der Waals surface area contributed by atoms with Crippen molar-refractivity contribution in [3.63, 3.8) is 0 Å². The van der Waals surface area contributed by atoms with E-state index in [1.165, 1.54) is 24.3 Å². The Morgan fingerprint density at radius 3 is 2.17 bits per heavy atom. The largest absolute Gasteiger partial charge is 0.273 e. The molecule has 2 aromatic rings. The van der Waals surface area contributed by atoms with Crippen LogP contribution < -0.4 is 10.9 Å². The van der Waals surface area contributed by atoms with E-state index in [0.717, 1.165) is 4.47 Å². The Morgan fingerprint density at radius 1 is 1.00 bits per heavy atom. The Bertz CT molecular complexity index is 729. The second-order valence-corrected chi connectivity index (χ2v) is 5.53. The number of hydrazine groups is 1. The van der Waals surface area contributed by atoms with Crippen LogP contribution in [0.2, 0.25) is 0 Å². The maximum absolute atomic E-state index is 11.8. The number of nitro groups is 1. The van der Waals surface area contributed by atoms with Crippen LogP contribution in [0, 0.1) is 10.1 Å². The first-order valence-electron chi connectivity index (χ1n) is 6.54. The number of carbonyl (C=O) groups is 2. The minimum Gasteiger partial charge on any atom is -0.273 e. The SMILES string of the molecule is O=C(Cc1ccc([N+](=O)[O-])cc1)NNC(=O)c1ccc(Br)cc1. The van der Waals surface area contributed by atoms with Crippen molar-refractivity contribution >= 4 is 33.4 Å². The van der Waals surface area contributed by atoms with Crippen molar-refractivity contribution in [1.82, 2.24) is 10.9 Å². The van der Waals surface area contributed by atoms with Gasteiger partial charge >= 0.3 is 0 Å². The number of nitro benzene ring substituents is 1. The monoisotopic (exact) mass is 377 g/mol. The van der Waals surface area contributed by atoms with Crippen molar-refractivity contribution in [3.8, 4) is 0 Å². The number of carbonyl (C=O) groups excluding carboxylic acids is 2. The van der Waals surface area contributed by atoms with E-state index >= 15 is 0 Å². The quantitative estimate of drug-likeness (QED) is 0.630. The third kappa shape index (κ3) is 4.89. The number of non-ortho nitro benzene ring substituents is 1. The molecule has 0 radical (unpaired) electrons. The van der Waals surface area contributed by atoms with Gasteiger partial charge in [0.2, 0.25) is 5.91 Å². The summed E-state index contributed by atoms with van der Waals surface area (Å²) in [6.45, 7) is 0. The van der Waals surface area contributed by atoms with Crippen molar-refractivity contribution < 1.29 is 14.5 Å². The first kappa shape index (κ1) is 16.6. The standard InChI is InChI=1S/C15H12BrN3O4/c16-12-5-3-11(4-6-12)15(21)18-17-14(20)9-10-1-7-13(8-2-10)19(22)23/h1-8H,9H2,(H,17,20)(H,18,21). The molecule has 7 nitrogen and oxygen atoms in total. The van der Waals surface area contributed by atoms with Crippen molar-refractivity contribution in [2.45, 2.75) is 6.42 Å². The van der Waals surface area contributed by atoms with Gasteiger partial charge in [-0.05, 0) is 29.8 Å². The Labute approximate surface area is 139 Å². The Hall–Kier alpha value is -2.74. The lowest BCUT2D eigenvalue weighted by Crippen LogP contribution is -2.42. The molecular weight excluding hydrogens is 366 g/mol. The van der Waals surface area contributed by atoms with Crippen LogP contribution >= 0.6 is 15.9 Å². The van der Waals surface area contributed by atoms with E-state index < -0.39 is 16.7 Å². The minimum absolute atomic E-state index is 0.00138. The van der Waals surface area contributed by atoms with Gasteiger partial charge < -0.3 is 0 Å². The van der Waals surface area contributed by atoms with Gasteiger partial charge in [0.15, 0.2) is 0 Å². The van der Waals surface area contributed by atoms with Gasteiger partial charge in [0.25, 0.3) is 11.6 Å². The van der Waals surface area contributed by atoms with E-state index in [9.17, 15) is 19.7 Å². The number of rotatable bonds is 4. The lowest BCUT2D eigenvalue weighted by atomic mass is 10.1. The predicted octanol–water partition coefficient (Wildman–Crippen LogP) is 2.36. The second kappa shape index (κ2) is 7.50. The fourth-order valence-corrected chi connectivity index (χ4v) is 2.03. The molecule has 2 rings (SSSR count). The van der Waals surface area contributed by atoms with Crippen molar-refractivity contribution in [2.24, 2.45) is 0 Å². The van der Waals surface area contributed by atoms with Crippen LogP contribution in [0.15, 0.2) is 53.0 Å². The summed E-state index contributed by atoms with van der Waals surface area (Å²) in [5, 5.41) is 10.5. The summed E-state index contributed by atoms with van der Waals surface area (Å²) in [7, 11) is 0. The van der Waals surface area contributed by atoms with E-state index in [4.69, 9.17) is 0 Å². The molecule has 0 aliphatic carbocycles. The summed E-state index contributed by atoms with van der Waals surface area (Å²) in [4.78, 5) is 33.6. The lowest BCUT2D eigenvalue weighted by Gasteiger charge is -2.07. The third-order valence-electron chi connectivity index (χ3n) is 2.93. The van der Waals surface area contributed by atoms with Crippen LogP contribution in [0.1, 0.15) is 15.9 Å². The maximum Gasteiger partial charge on any atom is 0.269 e. The van der Waals surface area contributed by atoms with Gasteiger partial charge in [-0.25, -0.2) is 0 Å². The van der Waals surface area contributed by atoms with Crippen LogP contribution in [0.3, 0.4) is 0 Å². The lowest BCUT2D eigenvalue weighted by molar-refractivity contribution is -0.384. The summed E-state index contributed by atoms with van der Waals surface area (Å²) < 4.78 is 0.844. The fourth-order valence-electron chi connectivity index (χ4n) is 1.77. The molecule has 0 fully saturated rings. The zero-order chi connectivity index (χ0) is 16.8. The molecule has 0 saturated heterocycles. The first-order chi connectivity index (χ1) is 11.0. The Kier molecular flexibility index (Phi) is 5.42. The summed E-state index contributed by atoms with van der Waals surface area (Å²) in [6.07, 6.45) is -0.00138. The molecule has 0 aliphatic rings. The van der Waals surface area contributed by atoms with Crippen LogP contribution in [-0.2, 0) is 11.2 Å². The molecule has 8 heteroatoms. The van der Waals surface area contributed by atoms with Gasteiger partial charge in [0, 0.05) is 22.2 Å². The van der Waals surface area contributed by atoms with E-state index in [1.54, 1.807) is 24.3 Å². The number of nitrogens with one attached hydrogen (secondary N) is 2. The van der Waals surface area contributed by atoms with E-state index in [1.807, 2.05) is 0 Å². The molecule has 0 atom stereocenters. The summed E-state index contributed by atoms with van der Waals surface area (Å²) >= 11 is 3.26. The topological polar surface area (TPSA) is 101 Å². The normalized spacial score (nSPS) is 9.96. The highest BCUT2D eigenvalue weighted by atomic mass is 79.9. The molecule has 0 spiro atoms. The molecule has 2 N–H and O–H groups in total. The van der Waals surface area contributed by atoms with E-state index in [-0.39, 0.29) is 12.1 Å². The van der Waals surface area contributed by atoms with Crippen molar-refractivity contribution in [3.05, 3.63) is 74.2 Å². The van der Waals surface area contributed by atoms with E-state index in [0.29, 0.717) is 11.1 Å². The van der Waals surface area contributed by atoms with Crippen LogP contribution in [0.4, 0.5) is 5.69 Å². The summed E-state index contributed by atoms with van der Waals surface area (Å²) in [5.41, 5.74) is 5.57. The van der Waals surface area contributed by atoms with Gasteiger partial charge in [-0.2, -0.15) is 0 Å². The molecular formula is C15H12BrN3O4. The number of halogens is 1. The second-order valence-electron chi connectivity index (χ2n) is 4.61. The van der Waals surface area contributed by atoms with Crippen LogP contribution in [-0.4, -0.2) is 16.7 Å². The molecule has 0 aliphatic heterocycles. The van der Waals surface area contributed by atoms with Crippen molar-refractivity contribution in [2.75, 3.05) is 0 Å². The van der Waals surface area contributed by atoms with Crippen LogP contribution in [0.5, 0.6) is 0 Å². The highest BCUT2D eigenvalue weighted by molar-refractivity contribution is 9.10. The van der Waals surface area contributed by atoms with E-state index in [2.05, 4.69) is 26.8 Å². The number of hydrogen-bond donors (Lipinski definition) is 2. The molecule has 0 heterocycles. The average molecular weight is 378 g/mol. The predicted molar refractivity (Wildman–Crippen MR) is 86.6 cm³/mol. The molecule has 2 aromatic carbocycles. The molecule has 118 valence electrons. The van der Waals surface area contributed by atoms with Gasteiger partial charge in [-0.15, -0.1) is 0 Å². The van der Waals surface area contributed by atoms with Gasteiger partial charge in [0.1, 0.15) is 0 Å². The molecule has 0 unspecified atom stereocenters. The molecule has 23 heavy (non-hydrogen) atoms. The molecule has 2 amide bonds. The van der Waals surface area contributed by atoms with Gasteiger partial charge in [-0.1, -0.05) is 28.1 Å². The zero-order valence-corrected chi connectivity index (χ0v) is 13.4. The fraction of sp³-hybridized carbons (Fsp3) is 0.0667. The highest BCUT2D eigenvalue weighted by Gasteiger charge is 2.09. The number of hydrogen-bond acceptors (Lipinski definition) is 4. The molecule has 0 bridgehead atoms. The average Bonchev–Trinajstić information content (AvgIpc) is 2.54. The Balaban J connectivity index is 1.86. The number of nitrogens with zero attached hydrogens (tertiary/aromatic N) is 1. The minimum atomic E-state index is -0.512. The van der Waals surface area contributed by atoms with Crippen molar-refractivity contribution in [1.29, 1.82) is 0 Å². The zero-order valence-electron chi connectivity index (χ0n) is 11.8. The number of benzene rings is 2. The first-order valence-corrected chi connectivity index (χ1v) is 7.33. The molecule has 0 saturated carbocycles.